The number of carbonyl (C=O) groups is 1. The third-order valence-electron chi connectivity index (χ3n) is 4.87. The highest BCUT2D eigenvalue weighted by Crippen LogP contribution is 2.30. The number of nitrogens with zero attached hydrogens (tertiary/aromatic N) is 2. The van der Waals surface area contributed by atoms with Crippen LogP contribution in [-0.4, -0.2) is 46.4 Å². The molecule has 3 aromatic rings. The number of ether oxygens (including phenoxy) is 2. The number of hydrogen-bond donors (Lipinski definition) is 3. The molecule has 8 nitrogen and oxygen atoms in total. The van der Waals surface area contributed by atoms with Crippen molar-refractivity contribution >= 4 is 23.9 Å². The molecule has 0 aliphatic carbocycles. The first-order valence-corrected chi connectivity index (χ1v) is 11.8. The predicted octanol–water partition coefficient (Wildman–Crippen LogP) is 4.71. The second kappa shape index (κ2) is 11.8. The summed E-state index contributed by atoms with van der Waals surface area (Å²) < 4.78 is 14.6. The molecule has 9 heteroatoms. The van der Waals surface area contributed by atoms with Crippen molar-refractivity contribution in [2.75, 3.05) is 17.9 Å². The minimum Gasteiger partial charge on any atom is -0.478 e. The van der Waals surface area contributed by atoms with Gasteiger partial charge in [-0.1, -0.05) is 24.3 Å². The van der Waals surface area contributed by atoms with E-state index < -0.39 is 5.97 Å². The molecule has 0 radical (unpaired) electrons. The zero-order valence-electron chi connectivity index (χ0n) is 19.7. The molecule has 3 rings (SSSR count). The highest BCUT2D eigenvalue weighted by Gasteiger charge is 2.14. The van der Waals surface area contributed by atoms with Gasteiger partial charge in [-0.15, -0.1) is 0 Å². The Labute approximate surface area is 204 Å². The standard InChI is InChI=1S/C25H30N4O4S/c1-15(2)32-13-19(26)14-33-22-12-21(23-16(3)7-5-8-17(23)4)27-25(28-22)29-34-20-10-6-9-18(11-20)24(30)31/h5-12,15,19H,13-14,26H2,1-4H3,(H,30,31)(H,27,28,29). The summed E-state index contributed by atoms with van der Waals surface area (Å²) in [4.78, 5) is 21.1. The van der Waals surface area contributed by atoms with Crippen molar-refractivity contribution in [3.63, 3.8) is 0 Å². The number of aromatic nitrogens is 2. The molecule has 0 fully saturated rings. The van der Waals surface area contributed by atoms with Gasteiger partial charge in [0, 0.05) is 16.5 Å². The van der Waals surface area contributed by atoms with Crippen LogP contribution in [0.3, 0.4) is 0 Å². The smallest absolute Gasteiger partial charge is 0.335 e. The molecule has 180 valence electrons. The zero-order valence-corrected chi connectivity index (χ0v) is 20.6. The van der Waals surface area contributed by atoms with Gasteiger partial charge in [0.25, 0.3) is 0 Å². The molecule has 1 heterocycles. The number of carboxylic acid groups (broad SMARTS) is 1. The van der Waals surface area contributed by atoms with E-state index in [0.717, 1.165) is 27.3 Å². The second-order valence-corrected chi connectivity index (χ2v) is 9.05. The van der Waals surface area contributed by atoms with Crippen LogP contribution in [0.5, 0.6) is 5.88 Å². The first-order valence-electron chi connectivity index (χ1n) is 10.9. The van der Waals surface area contributed by atoms with E-state index >= 15 is 0 Å². The molecule has 1 aromatic heterocycles. The Balaban J connectivity index is 1.85. The number of rotatable bonds is 11. The van der Waals surface area contributed by atoms with Gasteiger partial charge in [-0.2, -0.15) is 4.98 Å². The molecule has 4 N–H and O–H groups in total. The fourth-order valence-corrected chi connectivity index (χ4v) is 3.88. The lowest BCUT2D eigenvalue weighted by Crippen LogP contribution is -2.34. The van der Waals surface area contributed by atoms with Gasteiger partial charge in [-0.05, 0) is 69.0 Å². The quantitative estimate of drug-likeness (QED) is 0.334. The SMILES string of the molecule is Cc1cccc(C)c1-c1cc(OCC(N)COC(C)C)nc(NSc2cccc(C(=O)O)c2)n1. The van der Waals surface area contributed by atoms with Crippen molar-refractivity contribution in [1.82, 2.24) is 9.97 Å². The van der Waals surface area contributed by atoms with Gasteiger partial charge in [0.05, 0.1) is 30.0 Å². The normalized spacial score (nSPS) is 11.9. The molecule has 0 amide bonds. The van der Waals surface area contributed by atoms with E-state index in [1.165, 1.54) is 11.9 Å². The Morgan fingerprint density at radius 2 is 1.79 bits per heavy atom. The fourth-order valence-electron chi connectivity index (χ4n) is 3.24. The maximum atomic E-state index is 11.3. The van der Waals surface area contributed by atoms with Crippen LogP contribution < -0.4 is 15.2 Å². The molecular formula is C25H30N4O4S. The number of aromatic carboxylic acids is 1. The number of carboxylic acids is 1. The van der Waals surface area contributed by atoms with Crippen molar-refractivity contribution in [2.45, 2.75) is 44.7 Å². The van der Waals surface area contributed by atoms with E-state index in [-0.39, 0.29) is 24.3 Å². The van der Waals surface area contributed by atoms with Crippen LogP contribution in [0.4, 0.5) is 5.95 Å². The zero-order chi connectivity index (χ0) is 24.7. The third-order valence-corrected chi connectivity index (χ3v) is 5.64. The van der Waals surface area contributed by atoms with Crippen molar-refractivity contribution < 1.29 is 19.4 Å². The highest BCUT2D eigenvalue weighted by atomic mass is 32.2. The molecule has 0 saturated carbocycles. The Bertz CT molecular complexity index is 1120. The van der Waals surface area contributed by atoms with Crippen LogP contribution in [0.15, 0.2) is 53.4 Å². The third kappa shape index (κ3) is 7.18. The first kappa shape index (κ1) is 25.5. The lowest BCUT2D eigenvalue weighted by Gasteiger charge is -2.16. The second-order valence-electron chi connectivity index (χ2n) is 8.17. The Morgan fingerprint density at radius 1 is 1.09 bits per heavy atom. The van der Waals surface area contributed by atoms with Gasteiger partial charge in [0.2, 0.25) is 11.8 Å². The van der Waals surface area contributed by atoms with E-state index in [4.69, 9.17) is 15.2 Å². The number of anilines is 1. The summed E-state index contributed by atoms with van der Waals surface area (Å²) in [6.07, 6.45) is 0.0909. The highest BCUT2D eigenvalue weighted by molar-refractivity contribution is 8.00. The van der Waals surface area contributed by atoms with E-state index in [1.807, 2.05) is 52.0 Å². The molecule has 0 bridgehead atoms. The van der Waals surface area contributed by atoms with Gasteiger partial charge >= 0.3 is 5.97 Å². The summed E-state index contributed by atoms with van der Waals surface area (Å²) in [5.74, 6) is -0.257. The van der Waals surface area contributed by atoms with Crippen LogP contribution in [0.1, 0.15) is 35.3 Å². The molecule has 34 heavy (non-hydrogen) atoms. The summed E-state index contributed by atoms with van der Waals surface area (Å²) in [7, 11) is 0. The number of aryl methyl sites for hydroxylation is 2. The summed E-state index contributed by atoms with van der Waals surface area (Å²) in [5, 5.41) is 9.23. The van der Waals surface area contributed by atoms with E-state index in [9.17, 15) is 9.90 Å². The fraction of sp³-hybridized carbons (Fsp3) is 0.320. The Hall–Kier alpha value is -3.14. The monoisotopic (exact) mass is 482 g/mol. The largest absolute Gasteiger partial charge is 0.478 e. The van der Waals surface area contributed by atoms with Crippen molar-refractivity contribution in [1.29, 1.82) is 0 Å². The molecule has 1 atom stereocenters. The van der Waals surface area contributed by atoms with Gasteiger partial charge < -0.3 is 20.3 Å². The summed E-state index contributed by atoms with van der Waals surface area (Å²) >= 11 is 1.22. The Morgan fingerprint density at radius 3 is 2.47 bits per heavy atom. The number of hydrogen-bond acceptors (Lipinski definition) is 8. The average molecular weight is 483 g/mol. The maximum Gasteiger partial charge on any atom is 0.335 e. The predicted molar refractivity (Wildman–Crippen MR) is 134 cm³/mol. The minimum absolute atomic E-state index is 0.0909. The molecule has 0 saturated heterocycles. The molecule has 0 aliphatic heterocycles. The van der Waals surface area contributed by atoms with Gasteiger partial charge in [0.15, 0.2) is 0 Å². The lowest BCUT2D eigenvalue weighted by atomic mass is 10.00. The molecule has 0 spiro atoms. The van der Waals surface area contributed by atoms with E-state index in [1.54, 1.807) is 24.3 Å². The van der Waals surface area contributed by atoms with Crippen LogP contribution in [0, 0.1) is 13.8 Å². The number of nitrogens with one attached hydrogen (secondary N) is 1. The summed E-state index contributed by atoms with van der Waals surface area (Å²) in [5.41, 5.74) is 10.2. The topological polar surface area (TPSA) is 120 Å². The lowest BCUT2D eigenvalue weighted by molar-refractivity contribution is 0.0583. The maximum absolute atomic E-state index is 11.3. The van der Waals surface area contributed by atoms with Crippen LogP contribution in [0.2, 0.25) is 0 Å². The summed E-state index contributed by atoms with van der Waals surface area (Å²) in [6, 6.07) is 14.2. The van der Waals surface area contributed by atoms with Crippen molar-refractivity contribution in [3.8, 4) is 17.1 Å². The van der Waals surface area contributed by atoms with Gasteiger partial charge in [-0.3, -0.25) is 4.72 Å². The van der Waals surface area contributed by atoms with Crippen LogP contribution >= 0.6 is 11.9 Å². The summed E-state index contributed by atoms with van der Waals surface area (Å²) in [6.45, 7) is 8.59. The van der Waals surface area contributed by atoms with Gasteiger partial charge in [0.1, 0.15) is 6.61 Å². The average Bonchev–Trinajstić information content (AvgIpc) is 2.80. The number of nitrogens with two attached hydrogens (primary N) is 1. The minimum atomic E-state index is -0.982. The van der Waals surface area contributed by atoms with Gasteiger partial charge in [-0.25, -0.2) is 9.78 Å². The van der Waals surface area contributed by atoms with Crippen LogP contribution in [0.25, 0.3) is 11.3 Å². The molecule has 2 aromatic carbocycles. The van der Waals surface area contributed by atoms with E-state index in [0.29, 0.717) is 18.4 Å². The van der Waals surface area contributed by atoms with E-state index in [2.05, 4.69) is 14.7 Å². The Kier molecular flexibility index (Phi) is 8.86. The molecule has 0 aliphatic rings. The molecular weight excluding hydrogens is 452 g/mol. The van der Waals surface area contributed by atoms with Crippen molar-refractivity contribution in [2.24, 2.45) is 5.73 Å². The first-order chi connectivity index (χ1) is 16.2. The van der Waals surface area contributed by atoms with Crippen LogP contribution in [-0.2, 0) is 4.74 Å². The number of benzene rings is 2. The molecule has 1 unspecified atom stereocenters. The van der Waals surface area contributed by atoms with Crippen molar-refractivity contribution in [3.05, 3.63) is 65.2 Å².